The van der Waals surface area contributed by atoms with Gasteiger partial charge in [-0.25, -0.2) is 0 Å². The molecule has 0 radical (unpaired) electrons. The Hall–Kier alpha value is -2.02. The van der Waals surface area contributed by atoms with Gasteiger partial charge in [0.25, 0.3) is 0 Å². The minimum atomic E-state index is -4.62. The van der Waals surface area contributed by atoms with Crippen molar-refractivity contribution >= 4 is 17.9 Å². The second-order valence-corrected chi connectivity index (χ2v) is 4.11. The number of carbonyl (C=O) groups excluding carboxylic acids is 1. The number of ether oxygens (including phenoxy) is 1. The fourth-order valence-electron chi connectivity index (χ4n) is 1.52. The predicted octanol–water partition coefficient (Wildman–Crippen LogP) is 3.12. The smallest absolute Gasteiger partial charge is 0.435 e. The summed E-state index contributed by atoms with van der Waals surface area (Å²) in [4.78, 5) is 10.3. The second kappa shape index (κ2) is 5.54. The molecule has 0 atom stereocenters. The van der Waals surface area contributed by atoms with Crippen molar-refractivity contribution in [3.8, 4) is 11.6 Å². The Morgan fingerprint density at radius 1 is 1.35 bits per heavy atom. The molecule has 20 heavy (non-hydrogen) atoms. The molecule has 0 saturated carbocycles. The summed E-state index contributed by atoms with van der Waals surface area (Å²) < 4.78 is 43.9. The molecule has 106 valence electrons. The summed E-state index contributed by atoms with van der Waals surface area (Å²) in [5.74, 6) is -0.211. The zero-order valence-electron chi connectivity index (χ0n) is 9.89. The molecule has 0 fully saturated rings. The number of benzene rings is 1. The summed E-state index contributed by atoms with van der Waals surface area (Å²) in [6, 6.07) is 6.94. The molecule has 0 aliphatic rings. The lowest BCUT2D eigenvalue weighted by atomic mass is 10.3. The average molecular weight is 305 g/mol. The van der Waals surface area contributed by atoms with Crippen LogP contribution in [0.15, 0.2) is 30.3 Å². The minimum Gasteiger partial charge on any atom is -0.470 e. The molecule has 0 unspecified atom stereocenters. The number of rotatable bonds is 4. The molecule has 0 amide bonds. The van der Waals surface area contributed by atoms with Crippen molar-refractivity contribution in [2.75, 3.05) is 6.61 Å². The Morgan fingerprint density at radius 2 is 2.05 bits per heavy atom. The van der Waals surface area contributed by atoms with E-state index < -0.39 is 11.9 Å². The second-order valence-electron chi connectivity index (χ2n) is 3.71. The molecule has 0 bridgehead atoms. The normalized spacial score (nSPS) is 11.4. The van der Waals surface area contributed by atoms with Crippen molar-refractivity contribution in [3.63, 3.8) is 0 Å². The third kappa shape index (κ3) is 2.93. The summed E-state index contributed by atoms with van der Waals surface area (Å²) in [6.07, 6.45) is -4.19. The molecule has 0 aliphatic heterocycles. The standard InChI is InChI=1S/C12H8ClF3N2O2/c13-8-3-1-2-4-9(8)18-11(20-6-5-19)7-10(17-18)12(14,15)16/h1-5,7H,6H2. The van der Waals surface area contributed by atoms with Crippen LogP contribution in [0, 0.1) is 0 Å². The lowest BCUT2D eigenvalue weighted by molar-refractivity contribution is -0.141. The van der Waals surface area contributed by atoms with Gasteiger partial charge < -0.3 is 4.74 Å². The van der Waals surface area contributed by atoms with Crippen molar-refractivity contribution in [2.45, 2.75) is 6.18 Å². The summed E-state index contributed by atoms with van der Waals surface area (Å²) in [5.41, 5.74) is -0.899. The number of aldehydes is 1. The molecule has 8 heteroatoms. The number of para-hydroxylation sites is 1. The molecular formula is C12H8ClF3N2O2. The van der Waals surface area contributed by atoms with Crippen LogP contribution in [0.4, 0.5) is 13.2 Å². The molecular weight excluding hydrogens is 297 g/mol. The van der Waals surface area contributed by atoms with Gasteiger partial charge in [0.15, 0.2) is 12.0 Å². The van der Waals surface area contributed by atoms with Crippen LogP contribution in [0.1, 0.15) is 5.69 Å². The van der Waals surface area contributed by atoms with E-state index in [9.17, 15) is 18.0 Å². The van der Waals surface area contributed by atoms with Crippen LogP contribution >= 0.6 is 11.6 Å². The van der Waals surface area contributed by atoms with E-state index >= 15 is 0 Å². The number of alkyl halides is 3. The van der Waals surface area contributed by atoms with E-state index in [0.29, 0.717) is 12.4 Å². The summed E-state index contributed by atoms with van der Waals surface area (Å²) in [6.45, 7) is -0.382. The number of hydrogen-bond donors (Lipinski definition) is 0. The van der Waals surface area contributed by atoms with Gasteiger partial charge in [-0.3, -0.25) is 4.79 Å². The highest BCUT2D eigenvalue weighted by Crippen LogP contribution is 2.33. The molecule has 0 saturated heterocycles. The van der Waals surface area contributed by atoms with Gasteiger partial charge in [0.2, 0.25) is 5.88 Å². The lowest BCUT2D eigenvalue weighted by Crippen LogP contribution is -2.08. The van der Waals surface area contributed by atoms with Gasteiger partial charge in [-0.15, -0.1) is 0 Å². The van der Waals surface area contributed by atoms with Gasteiger partial charge in [-0.1, -0.05) is 23.7 Å². The fraction of sp³-hybridized carbons (Fsp3) is 0.167. The summed E-state index contributed by atoms with van der Waals surface area (Å²) in [5, 5.41) is 3.64. The van der Waals surface area contributed by atoms with Crippen LogP contribution in [-0.2, 0) is 11.0 Å². The van der Waals surface area contributed by atoms with Gasteiger partial charge in [0.1, 0.15) is 6.61 Å². The van der Waals surface area contributed by atoms with Gasteiger partial charge in [0.05, 0.1) is 10.7 Å². The Kier molecular flexibility index (Phi) is 3.99. The van der Waals surface area contributed by atoms with Crippen LogP contribution < -0.4 is 4.74 Å². The Labute approximate surface area is 116 Å². The predicted molar refractivity (Wildman–Crippen MR) is 65.1 cm³/mol. The molecule has 0 spiro atoms. The zero-order valence-corrected chi connectivity index (χ0v) is 10.6. The fourth-order valence-corrected chi connectivity index (χ4v) is 1.74. The van der Waals surface area contributed by atoms with Gasteiger partial charge >= 0.3 is 6.18 Å². The van der Waals surface area contributed by atoms with E-state index in [2.05, 4.69) is 5.10 Å². The summed E-state index contributed by atoms with van der Waals surface area (Å²) in [7, 11) is 0. The van der Waals surface area contributed by atoms with Gasteiger partial charge in [0, 0.05) is 6.07 Å². The minimum absolute atomic E-state index is 0.209. The first kappa shape index (κ1) is 14.4. The molecule has 2 aromatic rings. The van der Waals surface area contributed by atoms with Crippen LogP contribution in [0.5, 0.6) is 5.88 Å². The first-order chi connectivity index (χ1) is 9.43. The highest BCUT2D eigenvalue weighted by atomic mass is 35.5. The lowest BCUT2D eigenvalue weighted by Gasteiger charge is -2.08. The van der Waals surface area contributed by atoms with Crippen LogP contribution in [-0.4, -0.2) is 22.7 Å². The van der Waals surface area contributed by atoms with Gasteiger partial charge in [-0.2, -0.15) is 23.0 Å². The largest absolute Gasteiger partial charge is 0.470 e. The third-order valence-corrected chi connectivity index (χ3v) is 2.67. The highest BCUT2D eigenvalue weighted by molar-refractivity contribution is 6.32. The van der Waals surface area contributed by atoms with Crippen LogP contribution in [0.3, 0.4) is 0 Å². The van der Waals surface area contributed by atoms with Crippen LogP contribution in [0.25, 0.3) is 5.69 Å². The first-order valence-electron chi connectivity index (χ1n) is 5.42. The Morgan fingerprint density at radius 3 is 2.65 bits per heavy atom. The summed E-state index contributed by atoms with van der Waals surface area (Å²) >= 11 is 5.92. The van der Waals surface area contributed by atoms with Crippen molar-refractivity contribution in [1.29, 1.82) is 0 Å². The van der Waals surface area contributed by atoms with Crippen molar-refractivity contribution in [1.82, 2.24) is 9.78 Å². The average Bonchev–Trinajstić information content (AvgIpc) is 2.81. The topological polar surface area (TPSA) is 44.1 Å². The first-order valence-corrected chi connectivity index (χ1v) is 5.80. The van der Waals surface area contributed by atoms with E-state index in [-0.39, 0.29) is 23.2 Å². The van der Waals surface area contributed by atoms with E-state index in [1.807, 2.05) is 0 Å². The van der Waals surface area contributed by atoms with Crippen molar-refractivity contribution in [2.24, 2.45) is 0 Å². The number of carbonyl (C=O) groups is 1. The Balaban J connectivity index is 2.52. The monoisotopic (exact) mass is 304 g/mol. The maximum absolute atomic E-state index is 12.7. The quantitative estimate of drug-likeness (QED) is 0.815. The molecule has 4 nitrogen and oxygen atoms in total. The highest BCUT2D eigenvalue weighted by Gasteiger charge is 2.35. The molecule has 1 aromatic carbocycles. The number of aromatic nitrogens is 2. The SMILES string of the molecule is O=CCOc1cc(C(F)(F)F)nn1-c1ccccc1Cl. The Bertz CT molecular complexity index is 625. The van der Waals surface area contributed by atoms with E-state index in [0.717, 1.165) is 4.68 Å². The zero-order chi connectivity index (χ0) is 14.8. The van der Waals surface area contributed by atoms with Crippen molar-refractivity contribution in [3.05, 3.63) is 41.0 Å². The maximum Gasteiger partial charge on any atom is 0.435 e. The molecule has 0 N–H and O–H groups in total. The molecule has 0 aliphatic carbocycles. The maximum atomic E-state index is 12.7. The number of hydrogen-bond acceptors (Lipinski definition) is 3. The third-order valence-electron chi connectivity index (χ3n) is 2.35. The molecule has 2 rings (SSSR count). The molecule has 1 heterocycles. The van der Waals surface area contributed by atoms with Crippen LogP contribution in [0.2, 0.25) is 5.02 Å². The number of halogens is 4. The molecule has 1 aromatic heterocycles. The van der Waals surface area contributed by atoms with Gasteiger partial charge in [-0.05, 0) is 12.1 Å². The number of nitrogens with zero attached hydrogens (tertiary/aromatic N) is 2. The van der Waals surface area contributed by atoms with E-state index in [4.69, 9.17) is 16.3 Å². The van der Waals surface area contributed by atoms with E-state index in [1.165, 1.54) is 12.1 Å². The van der Waals surface area contributed by atoms with E-state index in [1.54, 1.807) is 12.1 Å². The van der Waals surface area contributed by atoms with Crippen molar-refractivity contribution < 1.29 is 22.7 Å².